The van der Waals surface area contributed by atoms with Crippen molar-refractivity contribution in [1.82, 2.24) is 19.7 Å². The van der Waals surface area contributed by atoms with Gasteiger partial charge in [-0.05, 0) is 47.2 Å². The molecule has 0 aromatic carbocycles. The van der Waals surface area contributed by atoms with Crippen LogP contribution in [0.25, 0.3) is 0 Å². The average Bonchev–Trinajstić information content (AvgIpc) is 2.74. The van der Waals surface area contributed by atoms with E-state index in [-0.39, 0.29) is 17.9 Å². The molecular weight excluding hydrogens is 266 g/mol. The minimum absolute atomic E-state index is 0.108. The fourth-order valence-electron chi connectivity index (χ4n) is 2.90. The van der Waals surface area contributed by atoms with E-state index in [0.717, 1.165) is 18.8 Å². The Morgan fingerprint density at radius 1 is 1.38 bits per heavy atom. The van der Waals surface area contributed by atoms with Crippen LogP contribution in [0.4, 0.5) is 0 Å². The molecule has 1 aliphatic heterocycles. The number of amides is 1. The number of likely N-dealkylation sites (tertiary alicyclic amines) is 1. The van der Waals surface area contributed by atoms with E-state index in [1.807, 2.05) is 4.68 Å². The van der Waals surface area contributed by atoms with Crippen LogP contribution in [-0.2, 0) is 23.2 Å². The van der Waals surface area contributed by atoms with Gasteiger partial charge in [-0.1, -0.05) is 6.42 Å². The molecule has 0 radical (unpaired) electrons. The molecule has 2 heterocycles. The lowest BCUT2D eigenvalue weighted by atomic mass is 9.99. The maximum absolute atomic E-state index is 11.1. The largest absolute Gasteiger partial charge is 0.369 e. The normalized spacial score (nSPS) is 20.7. The van der Waals surface area contributed by atoms with E-state index < -0.39 is 0 Å². The van der Waals surface area contributed by atoms with Gasteiger partial charge in [0.05, 0.1) is 12.0 Å². The van der Waals surface area contributed by atoms with Gasteiger partial charge in [-0.3, -0.25) is 4.79 Å². The molecule has 0 spiro atoms. The standard InChI is InChI=1S/C15H27N5O/c1-15(2,3)20-14(17-13(18-20)10-12(16)21)9-11-7-5-6-8-19(11)4/h11H,5-10H2,1-4H3,(H2,16,21)/t11-/m1/s1. The zero-order valence-electron chi connectivity index (χ0n) is 13.6. The van der Waals surface area contributed by atoms with Gasteiger partial charge in [0.1, 0.15) is 5.82 Å². The second kappa shape index (κ2) is 6.13. The number of primary amides is 1. The Balaban J connectivity index is 2.23. The number of hydrogen-bond acceptors (Lipinski definition) is 4. The van der Waals surface area contributed by atoms with E-state index in [0.29, 0.717) is 11.9 Å². The van der Waals surface area contributed by atoms with Crippen molar-refractivity contribution in [2.75, 3.05) is 13.6 Å². The highest BCUT2D eigenvalue weighted by molar-refractivity contribution is 5.75. The third-order valence-electron chi connectivity index (χ3n) is 4.03. The number of carbonyl (C=O) groups excluding carboxylic acids is 1. The van der Waals surface area contributed by atoms with Crippen LogP contribution in [0.1, 0.15) is 51.7 Å². The minimum atomic E-state index is -0.387. The molecule has 2 rings (SSSR count). The van der Waals surface area contributed by atoms with Crippen LogP contribution < -0.4 is 5.73 Å². The zero-order valence-corrected chi connectivity index (χ0v) is 13.6. The van der Waals surface area contributed by atoms with Gasteiger partial charge in [-0.15, -0.1) is 0 Å². The first-order chi connectivity index (χ1) is 9.77. The smallest absolute Gasteiger partial charge is 0.225 e. The van der Waals surface area contributed by atoms with Crippen molar-refractivity contribution >= 4 is 5.91 Å². The molecule has 0 saturated carbocycles. The zero-order chi connectivity index (χ0) is 15.6. The van der Waals surface area contributed by atoms with Crippen LogP contribution in [0.3, 0.4) is 0 Å². The molecule has 0 bridgehead atoms. The topological polar surface area (TPSA) is 77.0 Å². The molecule has 1 saturated heterocycles. The number of rotatable bonds is 4. The van der Waals surface area contributed by atoms with Gasteiger partial charge < -0.3 is 10.6 Å². The Morgan fingerprint density at radius 3 is 2.67 bits per heavy atom. The first-order valence-corrected chi connectivity index (χ1v) is 7.71. The Morgan fingerprint density at radius 2 is 2.10 bits per heavy atom. The number of nitrogens with two attached hydrogens (primary N) is 1. The van der Waals surface area contributed by atoms with Crippen molar-refractivity contribution in [1.29, 1.82) is 0 Å². The van der Waals surface area contributed by atoms with Crippen LogP contribution in [0.5, 0.6) is 0 Å². The lowest BCUT2D eigenvalue weighted by Gasteiger charge is -2.33. The van der Waals surface area contributed by atoms with E-state index in [9.17, 15) is 4.79 Å². The van der Waals surface area contributed by atoms with E-state index in [4.69, 9.17) is 5.73 Å². The Hall–Kier alpha value is -1.43. The van der Waals surface area contributed by atoms with Crippen LogP contribution in [-0.4, -0.2) is 45.2 Å². The summed E-state index contributed by atoms with van der Waals surface area (Å²) < 4.78 is 1.95. The quantitative estimate of drug-likeness (QED) is 0.901. The summed E-state index contributed by atoms with van der Waals surface area (Å²) in [6.07, 6.45) is 4.72. The van der Waals surface area contributed by atoms with Crippen LogP contribution >= 0.6 is 0 Å². The van der Waals surface area contributed by atoms with Crippen molar-refractivity contribution in [2.24, 2.45) is 5.73 Å². The third-order valence-corrected chi connectivity index (χ3v) is 4.03. The van der Waals surface area contributed by atoms with Gasteiger partial charge in [0.25, 0.3) is 0 Å². The fraction of sp³-hybridized carbons (Fsp3) is 0.800. The van der Waals surface area contributed by atoms with Crippen molar-refractivity contribution in [3.8, 4) is 0 Å². The molecular formula is C15H27N5O. The number of piperidine rings is 1. The Kier molecular flexibility index (Phi) is 4.66. The van der Waals surface area contributed by atoms with Crippen molar-refractivity contribution in [2.45, 2.75) is 64.5 Å². The first kappa shape index (κ1) is 15.9. The van der Waals surface area contributed by atoms with Crippen LogP contribution in [0.15, 0.2) is 0 Å². The Labute approximate surface area is 126 Å². The van der Waals surface area contributed by atoms with Gasteiger partial charge in [-0.2, -0.15) is 5.10 Å². The second-order valence-corrected chi connectivity index (χ2v) is 7.00. The van der Waals surface area contributed by atoms with E-state index in [2.05, 4.69) is 42.8 Å². The number of aromatic nitrogens is 3. The highest BCUT2D eigenvalue weighted by Gasteiger charge is 2.26. The fourth-order valence-corrected chi connectivity index (χ4v) is 2.90. The first-order valence-electron chi connectivity index (χ1n) is 7.71. The highest BCUT2D eigenvalue weighted by atomic mass is 16.1. The third kappa shape index (κ3) is 4.03. The molecule has 0 aliphatic carbocycles. The second-order valence-electron chi connectivity index (χ2n) is 7.00. The monoisotopic (exact) mass is 293 g/mol. The van der Waals surface area contributed by atoms with Gasteiger partial charge in [0, 0.05) is 12.5 Å². The minimum Gasteiger partial charge on any atom is -0.369 e. The number of likely N-dealkylation sites (N-methyl/N-ethyl adjacent to an activating group) is 1. The summed E-state index contributed by atoms with van der Waals surface area (Å²) in [6, 6.07) is 0.505. The lowest BCUT2D eigenvalue weighted by molar-refractivity contribution is -0.117. The van der Waals surface area contributed by atoms with Gasteiger partial charge in [0.15, 0.2) is 5.82 Å². The highest BCUT2D eigenvalue weighted by Crippen LogP contribution is 2.22. The molecule has 1 fully saturated rings. The summed E-state index contributed by atoms with van der Waals surface area (Å²) in [5, 5.41) is 4.50. The average molecular weight is 293 g/mol. The van der Waals surface area contributed by atoms with E-state index in [1.165, 1.54) is 19.3 Å². The number of carbonyl (C=O) groups is 1. The van der Waals surface area contributed by atoms with Crippen molar-refractivity contribution < 1.29 is 4.79 Å². The summed E-state index contributed by atoms with van der Waals surface area (Å²) in [5.74, 6) is 1.10. The van der Waals surface area contributed by atoms with Crippen LogP contribution in [0.2, 0.25) is 0 Å². The maximum atomic E-state index is 11.1. The molecule has 21 heavy (non-hydrogen) atoms. The number of hydrogen-bond donors (Lipinski definition) is 1. The molecule has 118 valence electrons. The van der Waals surface area contributed by atoms with Crippen molar-refractivity contribution in [3.63, 3.8) is 0 Å². The predicted octanol–water partition coefficient (Wildman–Crippen LogP) is 1.09. The van der Waals surface area contributed by atoms with Crippen LogP contribution in [0, 0.1) is 0 Å². The summed E-state index contributed by atoms with van der Waals surface area (Å²) in [7, 11) is 2.17. The predicted molar refractivity (Wildman–Crippen MR) is 81.9 cm³/mol. The van der Waals surface area contributed by atoms with Gasteiger partial charge in [-0.25, -0.2) is 9.67 Å². The summed E-state index contributed by atoms with van der Waals surface area (Å²) in [4.78, 5) is 18.1. The van der Waals surface area contributed by atoms with Gasteiger partial charge >= 0.3 is 0 Å². The molecule has 1 aliphatic rings. The molecule has 1 atom stereocenters. The maximum Gasteiger partial charge on any atom is 0.225 e. The molecule has 1 aromatic heterocycles. The van der Waals surface area contributed by atoms with Gasteiger partial charge in [0.2, 0.25) is 5.91 Å². The summed E-state index contributed by atoms with van der Waals surface area (Å²) >= 11 is 0. The van der Waals surface area contributed by atoms with Crippen molar-refractivity contribution in [3.05, 3.63) is 11.6 Å². The molecule has 1 amide bonds. The molecule has 6 heteroatoms. The lowest BCUT2D eigenvalue weighted by Crippen LogP contribution is -2.39. The number of nitrogens with zero attached hydrogens (tertiary/aromatic N) is 4. The molecule has 1 aromatic rings. The SMILES string of the molecule is CN1CCCC[C@@H]1Cc1nc(CC(N)=O)nn1C(C)(C)C. The molecule has 0 unspecified atom stereocenters. The summed E-state index contributed by atoms with van der Waals surface area (Å²) in [5.41, 5.74) is 5.12. The van der Waals surface area contributed by atoms with E-state index in [1.54, 1.807) is 0 Å². The summed E-state index contributed by atoms with van der Waals surface area (Å²) in [6.45, 7) is 7.44. The van der Waals surface area contributed by atoms with E-state index >= 15 is 0 Å². The molecule has 2 N–H and O–H groups in total. The molecule has 6 nitrogen and oxygen atoms in total. The Bertz CT molecular complexity index is 503.